The first-order valence-corrected chi connectivity index (χ1v) is 13.0. The molecule has 0 atom stereocenters. The summed E-state index contributed by atoms with van der Waals surface area (Å²) in [6.07, 6.45) is 3.37. The molecule has 0 bridgehead atoms. The molecule has 2 heterocycles. The van der Waals surface area contributed by atoms with Crippen LogP contribution in [0.4, 0.5) is 4.39 Å². The van der Waals surface area contributed by atoms with E-state index in [1.807, 2.05) is 6.07 Å². The van der Waals surface area contributed by atoms with Crippen molar-refractivity contribution in [3.63, 3.8) is 0 Å². The number of thiophene rings is 1. The van der Waals surface area contributed by atoms with Gasteiger partial charge >= 0.3 is 0 Å². The highest BCUT2D eigenvalue weighted by molar-refractivity contribution is 7.91. The highest BCUT2D eigenvalue weighted by Crippen LogP contribution is 2.25. The number of hydrogen-bond donors (Lipinski definition) is 2. The summed E-state index contributed by atoms with van der Waals surface area (Å²) in [7, 11) is -3.98. The van der Waals surface area contributed by atoms with Gasteiger partial charge in [0, 0.05) is 25.0 Å². The Morgan fingerprint density at radius 1 is 1.00 bits per heavy atom. The number of amides is 2. The fourth-order valence-electron chi connectivity index (χ4n) is 3.37. The van der Waals surface area contributed by atoms with Crippen LogP contribution >= 0.6 is 11.3 Å². The fourth-order valence-corrected chi connectivity index (χ4v) is 5.61. The molecule has 2 aromatic carbocycles. The van der Waals surface area contributed by atoms with Crippen LogP contribution in [0.25, 0.3) is 10.1 Å². The van der Waals surface area contributed by atoms with Gasteiger partial charge in [-0.2, -0.15) is 0 Å². The molecule has 0 spiro atoms. The fraction of sp³-hybridized carbons (Fsp3) is 0.160. The van der Waals surface area contributed by atoms with Gasteiger partial charge in [-0.25, -0.2) is 12.8 Å². The molecule has 0 aliphatic rings. The van der Waals surface area contributed by atoms with E-state index in [0.717, 1.165) is 28.3 Å². The van der Waals surface area contributed by atoms with Crippen LogP contribution in [-0.2, 0) is 16.4 Å². The Morgan fingerprint density at radius 2 is 1.71 bits per heavy atom. The quantitative estimate of drug-likeness (QED) is 0.359. The van der Waals surface area contributed by atoms with E-state index in [-0.39, 0.29) is 33.8 Å². The van der Waals surface area contributed by atoms with E-state index in [1.54, 1.807) is 44.4 Å². The normalized spacial score (nSPS) is 11.5. The van der Waals surface area contributed by atoms with Crippen molar-refractivity contribution in [1.29, 1.82) is 0 Å². The van der Waals surface area contributed by atoms with Crippen molar-refractivity contribution in [3.05, 3.63) is 88.8 Å². The summed E-state index contributed by atoms with van der Waals surface area (Å²) in [5.74, 6) is -1.72. The van der Waals surface area contributed by atoms with Crippen LogP contribution in [-0.4, -0.2) is 31.3 Å². The van der Waals surface area contributed by atoms with Crippen molar-refractivity contribution in [1.82, 2.24) is 15.6 Å². The Hall–Kier alpha value is -3.63. The highest BCUT2D eigenvalue weighted by atomic mass is 32.2. The third kappa shape index (κ3) is 5.39. The molecule has 2 aromatic heterocycles. The lowest BCUT2D eigenvalue weighted by molar-refractivity contribution is 0.0935. The van der Waals surface area contributed by atoms with Crippen molar-refractivity contribution in [2.24, 2.45) is 0 Å². The van der Waals surface area contributed by atoms with Gasteiger partial charge < -0.3 is 10.6 Å². The minimum atomic E-state index is -3.98. The summed E-state index contributed by atoms with van der Waals surface area (Å²) in [5, 5.41) is 6.32. The van der Waals surface area contributed by atoms with Crippen LogP contribution in [0.1, 0.15) is 39.4 Å². The zero-order chi connectivity index (χ0) is 25.2. The molecule has 0 unspecified atom stereocenters. The van der Waals surface area contributed by atoms with Crippen molar-refractivity contribution < 1.29 is 22.4 Å². The molecule has 180 valence electrons. The molecule has 35 heavy (non-hydrogen) atoms. The minimum absolute atomic E-state index is 0.00795. The topological polar surface area (TPSA) is 105 Å². The predicted octanol–water partition coefficient (Wildman–Crippen LogP) is 4.34. The number of benzene rings is 2. The van der Waals surface area contributed by atoms with Crippen LogP contribution in [0.15, 0.2) is 76.8 Å². The van der Waals surface area contributed by atoms with E-state index >= 15 is 0 Å². The molecule has 0 saturated carbocycles. The van der Waals surface area contributed by atoms with E-state index < -0.39 is 21.6 Å². The number of rotatable bonds is 7. The average Bonchev–Trinajstić information content (AvgIpc) is 3.27. The summed E-state index contributed by atoms with van der Waals surface area (Å²) < 4.78 is 41.2. The third-order valence-electron chi connectivity index (χ3n) is 5.15. The second kappa shape index (κ2) is 9.93. The van der Waals surface area contributed by atoms with Gasteiger partial charge in [0.15, 0.2) is 0 Å². The first-order valence-electron chi connectivity index (χ1n) is 10.7. The van der Waals surface area contributed by atoms with Crippen molar-refractivity contribution in [3.8, 4) is 0 Å². The molecular weight excluding hydrogens is 489 g/mol. The van der Waals surface area contributed by atoms with Gasteiger partial charge in [0.05, 0.1) is 24.9 Å². The maximum absolute atomic E-state index is 14.2. The first kappa shape index (κ1) is 24.5. The number of carbonyl (C=O) groups excluding carboxylic acids is 2. The second-order valence-electron chi connectivity index (χ2n) is 8.12. The van der Waals surface area contributed by atoms with Gasteiger partial charge in [-0.1, -0.05) is 12.1 Å². The monoisotopic (exact) mass is 511 g/mol. The number of aromatic nitrogens is 1. The number of sulfone groups is 1. The van der Waals surface area contributed by atoms with Crippen LogP contribution < -0.4 is 10.6 Å². The molecule has 4 aromatic rings. The molecule has 0 radical (unpaired) electrons. The summed E-state index contributed by atoms with van der Waals surface area (Å²) in [5.41, 5.74) is 0.368. The highest BCUT2D eigenvalue weighted by Gasteiger charge is 2.22. The van der Waals surface area contributed by atoms with Crippen LogP contribution in [0.5, 0.6) is 0 Å². The number of nitrogens with zero attached hydrogens (tertiary/aromatic N) is 1. The van der Waals surface area contributed by atoms with Crippen LogP contribution in [0.2, 0.25) is 0 Å². The van der Waals surface area contributed by atoms with E-state index in [2.05, 4.69) is 15.6 Å². The Labute approximate surface area is 205 Å². The molecule has 0 saturated heterocycles. The summed E-state index contributed by atoms with van der Waals surface area (Å²) in [6.45, 7) is 3.66. The number of nitrogens with one attached hydrogen (secondary N) is 2. The number of fused-ring (bicyclic) bond motifs is 1. The number of hydrogen-bond acceptors (Lipinski definition) is 6. The first-order chi connectivity index (χ1) is 16.6. The van der Waals surface area contributed by atoms with E-state index in [9.17, 15) is 22.4 Å². The zero-order valence-electron chi connectivity index (χ0n) is 18.9. The molecular formula is C25H22FN3O4S2. The number of halogens is 1. The van der Waals surface area contributed by atoms with Gasteiger partial charge in [-0.15, -0.1) is 11.3 Å². The van der Waals surface area contributed by atoms with E-state index in [1.165, 1.54) is 23.5 Å². The summed E-state index contributed by atoms with van der Waals surface area (Å²) >= 11 is 1.34. The zero-order valence-corrected chi connectivity index (χ0v) is 20.5. The molecule has 4 rings (SSSR count). The maximum atomic E-state index is 14.2. The Balaban J connectivity index is 1.47. The predicted molar refractivity (Wildman–Crippen MR) is 132 cm³/mol. The smallest absolute Gasteiger partial charge is 0.261 e. The van der Waals surface area contributed by atoms with Gasteiger partial charge in [-0.3, -0.25) is 14.6 Å². The molecule has 0 aliphatic carbocycles. The van der Waals surface area contributed by atoms with Crippen LogP contribution in [0, 0.1) is 5.82 Å². The maximum Gasteiger partial charge on any atom is 0.261 e. The minimum Gasteiger partial charge on any atom is -0.350 e. The van der Waals surface area contributed by atoms with Crippen LogP contribution in [0.3, 0.4) is 0 Å². The average molecular weight is 512 g/mol. The lowest BCUT2D eigenvalue weighted by Gasteiger charge is -2.11. The molecule has 7 nitrogen and oxygen atoms in total. The molecule has 0 fully saturated rings. The SMILES string of the molecule is CC(C)NC(=O)c1cc(S(=O)(=O)c2ccc(CNC(=O)c3cc4ccncc4s3)cc2)ccc1F. The lowest BCUT2D eigenvalue weighted by Crippen LogP contribution is -2.30. The molecule has 10 heteroatoms. The Bertz CT molecular complexity index is 1480. The number of carbonyl (C=O) groups is 2. The lowest BCUT2D eigenvalue weighted by atomic mass is 10.2. The number of pyridine rings is 1. The second-order valence-corrected chi connectivity index (χ2v) is 11.2. The molecule has 0 aliphatic heterocycles. The summed E-state index contributed by atoms with van der Waals surface area (Å²) in [4.78, 5) is 29.1. The van der Waals surface area contributed by atoms with Gasteiger partial charge in [-0.05, 0) is 67.3 Å². The largest absolute Gasteiger partial charge is 0.350 e. The molecule has 2 amide bonds. The van der Waals surface area contributed by atoms with Crippen molar-refractivity contribution in [2.45, 2.75) is 36.2 Å². The van der Waals surface area contributed by atoms with Gasteiger partial charge in [0.1, 0.15) is 5.82 Å². The third-order valence-corrected chi connectivity index (χ3v) is 8.00. The van der Waals surface area contributed by atoms with Crippen molar-refractivity contribution >= 4 is 43.1 Å². The molecule has 2 N–H and O–H groups in total. The van der Waals surface area contributed by atoms with Gasteiger partial charge in [0.2, 0.25) is 9.84 Å². The summed E-state index contributed by atoms with van der Waals surface area (Å²) in [6, 6.07) is 12.6. The standard InChI is InChI=1S/C25H22FN3O4S2/c1-15(2)29-24(30)20-12-19(7-8-21(20)26)35(32,33)18-5-3-16(4-6-18)13-28-25(31)22-11-17-9-10-27-14-23(17)34-22/h3-12,14-15H,13H2,1-2H3,(H,28,31)(H,29,30). The van der Waals surface area contributed by atoms with Crippen molar-refractivity contribution in [2.75, 3.05) is 0 Å². The Kier molecular flexibility index (Phi) is 6.95. The van der Waals surface area contributed by atoms with Gasteiger partial charge in [0.25, 0.3) is 11.8 Å². The Morgan fingerprint density at radius 3 is 2.40 bits per heavy atom. The van der Waals surface area contributed by atoms with E-state index in [4.69, 9.17) is 0 Å². The van der Waals surface area contributed by atoms with E-state index in [0.29, 0.717) is 10.4 Å².